The summed E-state index contributed by atoms with van der Waals surface area (Å²) < 4.78 is 65.9. The van der Waals surface area contributed by atoms with Crippen molar-refractivity contribution in [3.63, 3.8) is 0 Å². The number of aryl methyl sites for hydroxylation is 1. The first-order valence-electron chi connectivity index (χ1n) is 12.1. The first-order valence-corrected chi connectivity index (χ1v) is 12.1. The molecule has 1 saturated heterocycles. The van der Waals surface area contributed by atoms with Crippen molar-refractivity contribution in [3.05, 3.63) is 53.1 Å². The maximum atomic E-state index is 10.6. The number of nitrogens with one attached hydrogen (secondary N) is 1. The van der Waals surface area contributed by atoms with Crippen molar-refractivity contribution in [1.29, 1.82) is 0 Å². The Balaban J connectivity index is 0.000000317. The molecule has 4 rings (SSSR count). The number of fused-ring (bicyclic) bond motifs is 2. The van der Waals surface area contributed by atoms with Gasteiger partial charge in [-0.3, -0.25) is 4.90 Å². The van der Waals surface area contributed by atoms with Gasteiger partial charge in [0.25, 0.3) is 0 Å². The van der Waals surface area contributed by atoms with Gasteiger partial charge in [0.1, 0.15) is 5.82 Å². The van der Waals surface area contributed by atoms with Crippen molar-refractivity contribution in [2.75, 3.05) is 19.6 Å². The van der Waals surface area contributed by atoms with Gasteiger partial charge in [0.05, 0.1) is 11.4 Å². The zero-order valence-electron chi connectivity index (χ0n) is 21.7. The molecule has 0 radical (unpaired) electrons. The molecule has 218 valence electrons. The number of carboxylic acids is 2. The molecule has 0 amide bonds. The highest BCUT2D eigenvalue weighted by atomic mass is 19.4. The quantitative estimate of drug-likeness (QED) is 0.464. The van der Waals surface area contributed by atoms with Crippen LogP contribution in [0, 0.1) is 6.92 Å². The number of halogens is 6. The summed E-state index contributed by atoms with van der Waals surface area (Å²) in [6, 6.07) is 11.3. The molecule has 3 N–H and O–H groups in total. The number of nitrogens with zero attached hydrogens (tertiary/aromatic N) is 3. The van der Waals surface area contributed by atoms with E-state index in [4.69, 9.17) is 24.8 Å². The Hall–Kier alpha value is -3.13. The zero-order chi connectivity index (χ0) is 29.6. The van der Waals surface area contributed by atoms with Crippen LogP contribution in [0.25, 0.3) is 0 Å². The minimum atomic E-state index is -5.08. The fourth-order valence-electron chi connectivity index (χ4n) is 4.77. The highest BCUT2D eigenvalue weighted by Gasteiger charge is 2.43. The van der Waals surface area contributed by atoms with Gasteiger partial charge in [-0.1, -0.05) is 30.3 Å². The SMILES string of the molecule is Cc1nc2c(n1C(C)C)CNCC21CCN(Cc2ccccc2)CC1.O=C(O)C(F)(F)F.O=C(O)C(F)(F)F. The van der Waals surface area contributed by atoms with Crippen LogP contribution in [0.15, 0.2) is 30.3 Å². The van der Waals surface area contributed by atoms with Gasteiger partial charge < -0.3 is 20.1 Å². The van der Waals surface area contributed by atoms with Crippen LogP contribution in [0.4, 0.5) is 26.3 Å². The molecule has 39 heavy (non-hydrogen) atoms. The average molecular weight is 567 g/mol. The van der Waals surface area contributed by atoms with Crippen LogP contribution in [0.1, 0.15) is 55.5 Å². The van der Waals surface area contributed by atoms with Gasteiger partial charge in [0, 0.05) is 31.1 Å². The molecule has 0 atom stereocenters. The molecule has 1 aromatic carbocycles. The summed E-state index contributed by atoms with van der Waals surface area (Å²) in [6.07, 6.45) is -7.76. The summed E-state index contributed by atoms with van der Waals surface area (Å²) in [5.74, 6) is -4.34. The lowest BCUT2D eigenvalue weighted by Crippen LogP contribution is -2.50. The Morgan fingerprint density at radius 1 is 1.00 bits per heavy atom. The Kier molecular flexibility index (Phi) is 10.5. The zero-order valence-corrected chi connectivity index (χ0v) is 21.7. The van der Waals surface area contributed by atoms with E-state index in [-0.39, 0.29) is 5.41 Å². The van der Waals surface area contributed by atoms with Gasteiger partial charge in [-0.2, -0.15) is 26.3 Å². The molecule has 3 heterocycles. The number of piperidine rings is 1. The summed E-state index contributed by atoms with van der Waals surface area (Å²) in [7, 11) is 0. The number of carboxylic acid groups (broad SMARTS) is 2. The second-order valence-corrected chi connectivity index (χ2v) is 9.67. The fraction of sp³-hybridized carbons (Fsp3) is 0.560. The van der Waals surface area contributed by atoms with Crippen LogP contribution in [0.2, 0.25) is 0 Å². The van der Waals surface area contributed by atoms with Crippen LogP contribution in [0.5, 0.6) is 0 Å². The van der Waals surface area contributed by atoms with E-state index in [9.17, 15) is 26.3 Å². The number of aliphatic carboxylic acids is 2. The van der Waals surface area contributed by atoms with Crippen molar-refractivity contribution in [2.45, 2.75) is 70.5 Å². The van der Waals surface area contributed by atoms with Gasteiger partial charge >= 0.3 is 24.3 Å². The predicted octanol–water partition coefficient (Wildman–Crippen LogP) is 4.68. The van der Waals surface area contributed by atoms with Crippen molar-refractivity contribution in [3.8, 4) is 0 Å². The molecular weight excluding hydrogens is 534 g/mol. The van der Waals surface area contributed by atoms with E-state index in [2.05, 4.69) is 65.9 Å². The lowest BCUT2D eigenvalue weighted by molar-refractivity contribution is -0.193. The number of rotatable bonds is 3. The Labute approximate surface area is 221 Å². The summed E-state index contributed by atoms with van der Waals surface area (Å²) in [5.41, 5.74) is 4.46. The number of aromatic nitrogens is 2. The largest absolute Gasteiger partial charge is 0.490 e. The Bertz CT molecular complexity index is 1080. The first kappa shape index (κ1) is 32.1. The maximum Gasteiger partial charge on any atom is 0.490 e. The normalized spacial score (nSPS) is 17.0. The number of carbonyl (C=O) groups is 2. The number of hydrogen-bond donors (Lipinski definition) is 3. The molecule has 0 unspecified atom stereocenters. The van der Waals surface area contributed by atoms with Crippen molar-refractivity contribution in [2.24, 2.45) is 0 Å². The molecule has 2 aliphatic rings. The summed E-state index contributed by atoms with van der Waals surface area (Å²) in [6.45, 7) is 12.1. The van der Waals surface area contributed by atoms with E-state index in [1.807, 2.05) is 0 Å². The number of alkyl halides is 6. The third-order valence-corrected chi connectivity index (χ3v) is 6.51. The Morgan fingerprint density at radius 3 is 1.92 bits per heavy atom. The monoisotopic (exact) mass is 566 g/mol. The van der Waals surface area contributed by atoms with Crippen LogP contribution in [-0.2, 0) is 28.1 Å². The van der Waals surface area contributed by atoms with Crippen molar-refractivity contribution >= 4 is 11.9 Å². The first-order chi connectivity index (χ1) is 18.0. The molecule has 0 saturated carbocycles. The lowest BCUT2D eigenvalue weighted by atomic mass is 9.73. The molecule has 2 aliphatic heterocycles. The van der Waals surface area contributed by atoms with Crippen LogP contribution >= 0.6 is 0 Å². The van der Waals surface area contributed by atoms with E-state index >= 15 is 0 Å². The van der Waals surface area contributed by atoms with Crippen LogP contribution < -0.4 is 5.32 Å². The summed E-state index contributed by atoms with van der Waals surface area (Å²) >= 11 is 0. The van der Waals surface area contributed by atoms with Gasteiger partial charge in [-0.05, 0) is 52.3 Å². The number of imidazole rings is 1. The van der Waals surface area contributed by atoms with Crippen LogP contribution in [-0.4, -0.2) is 68.6 Å². The molecule has 1 spiro atoms. The van der Waals surface area contributed by atoms with Gasteiger partial charge in [-0.15, -0.1) is 0 Å². The number of likely N-dealkylation sites (tertiary alicyclic amines) is 1. The topological polar surface area (TPSA) is 108 Å². The average Bonchev–Trinajstić information content (AvgIpc) is 3.18. The second-order valence-electron chi connectivity index (χ2n) is 9.67. The predicted molar refractivity (Wildman–Crippen MR) is 129 cm³/mol. The van der Waals surface area contributed by atoms with E-state index < -0.39 is 24.3 Å². The summed E-state index contributed by atoms with van der Waals surface area (Å²) in [5, 5.41) is 17.9. The van der Waals surface area contributed by atoms with Crippen molar-refractivity contribution < 1.29 is 46.1 Å². The van der Waals surface area contributed by atoms with Crippen molar-refractivity contribution in [1.82, 2.24) is 19.8 Å². The highest BCUT2D eigenvalue weighted by molar-refractivity contribution is 5.73. The third kappa shape index (κ3) is 8.68. The molecule has 14 heteroatoms. The maximum absolute atomic E-state index is 10.6. The highest BCUT2D eigenvalue weighted by Crippen LogP contribution is 2.40. The smallest absolute Gasteiger partial charge is 0.475 e. The Morgan fingerprint density at radius 2 is 1.49 bits per heavy atom. The van der Waals surface area contributed by atoms with Crippen LogP contribution in [0.3, 0.4) is 0 Å². The molecule has 1 fully saturated rings. The minimum Gasteiger partial charge on any atom is -0.475 e. The molecule has 0 aliphatic carbocycles. The van der Waals surface area contributed by atoms with E-state index in [0.29, 0.717) is 6.04 Å². The fourth-order valence-corrected chi connectivity index (χ4v) is 4.77. The standard InChI is InChI=1S/C21H30N4.2C2HF3O2/c1-16(2)25-17(3)23-20-19(25)13-22-15-21(20)9-11-24(12-10-21)14-18-7-5-4-6-8-18;2*3-2(4,5)1(6)7/h4-8,16,22H,9-15H2,1-3H3;2*(H,6,7). The lowest BCUT2D eigenvalue weighted by Gasteiger charge is -2.44. The molecule has 1 aromatic heterocycles. The molecule has 8 nitrogen and oxygen atoms in total. The van der Waals surface area contributed by atoms with Gasteiger partial charge in [0.15, 0.2) is 0 Å². The summed E-state index contributed by atoms with van der Waals surface area (Å²) in [4.78, 5) is 25.5. The van der Waals surface area contributed by atoms with E-state index in [1.165, 1.54) is 35.6 Å². The number of benzene rings is 1. The van der Waals surface area contributed by atoms with E-state index in [1.54, 1.807) is 0 Å². The third-order valence-electron chi connectivity index (χ3n) is 6.51. The molecular formula is C25H32F6N4O4. The second kappa shape index (κ2) is 12.8. The molecule has 0 bridgehead atoms. The van der Waals surface area contributed by atoms with E-state index in [0.717, 1.165) is 32.7 Å². The number of hydrogen-bond acceptors (Lipinski definition) is 5. The molecule has 2 aromatic rings. The van der Waals surface area contributed by atoms with Gasteiger partial charge in [-0.25, -0.2) is 14.6 Å². The van der Waals surface area contributed by atoms with Gasteiger partial charge in [0.2, 0.25) is 0 Å². The minimum absolute atomic E-state index is 0.228.